The van der Waals surface area contributed by atoms with Gasteiger partial charge in [0, 0.05) is 26.2 Å². The molecule has 0 amide bonds. The van der Waals surface area contributed by atoms with Gasteiger partial charge >= 0.3 is 6.18 Å². The lowest BCUT2D eigenvalue weighted by Gasteiger charge is -2.30. The summed E-state index contributed by atoms with van der Waals surface area (Å²) in [5, 5.41) is 4.05. The monoisotopic (exact) mass is 435 g/mol. The molecule has 1 N–H and O–H groups in total. The van der Waals surface area contributed by atoms with E-state index in [1.54, 1.807) is 6.07 Å². The molecule has 2 fully saturated rings. The third-order valence-corrected chi connectivity index (χ3v) is 5.14. The molecule has 3 heterocycles. The van der Waals surface area contributed by atoms with Crippen molar-refractivity contribution in [2.45, 2.75) is 25.4 Å². The number of hydrogen-bond acceptors (Lipinski definition) is 8. The van der Waals surface area contributed by atoms with Crippen LogP contribution in [-0.2, 0) is 10.9 Å². The molecular weight excluding hydrogens is 411 g/mol. The van der Waals surface area contributed by atoms with E-state index in [-0.39, 0.29) is 5.95 Å². The minimum atomic E-state index is -4.40. The molecule has 11 heteroatoms. The first kappa shape index (κ1) is 21.3. The highest BCUT2D eigenvalue weighted by molar-refractivity contribution is 5.80. The van der Waals surface area contributed by atoms with Gasteiger partial charge in [0.1, 0.15) is 0 Å². The van der Waals surface area contributed by atoms with E-state index in [4.69, 9.17) is 4.74 Å². The molecule has 0 aliphatic carbocycles. The van der Waals surface area contributed by atoms with Crippen LogP contribution >= 0.6 is 0 Å². The molecule has 0 spiro atoms. The standard InChI is InChI=1S/C20H24F3N7O/c21-20(22,23)16-6-4-5-15(13-16)14-24-28-17-25-18(29-7-2-1-3-8-29)27-19(26-17)30-9-11-31-12-10-30/h4-6,13-14H,1-3,7-12H2,(H,25,26,27,28). The molecule has 0 radical (unpaired) electrons. The zero-order valence-electron chi connectivity index (χ0n) is 17.0. The van der Waals surface area contributed by atoms with Gasteiger partial charge in [-0.05, 0) is 37.0 Å². The van der Waals surface area contributed by atoms with Crippen molar-refractivity contribution < 1.29 is 17.9 Å². The summed E-state index contributed by atoms with van der Waals surface area (Å²) in [5.74, 6) is 1.36. The second-order valence-electron chi connectivity index (χ2n) is 7.40. The molecule has 2 saturated heterocycles. The van der Waals surface area contributed by atoms with Gasteiger partial charge in [-0.25, -0.2) is 5.43 Å². The highest BCUT2D eigenvalue weighted by atomic mass is 19.4. The SMILES string of the molecule is FC(F)(F)c1cccc(C=NNc2nc(N3CCCCC3)nc(N3CCOCC3)n2)c1. The van der Waals surface area contributed by atoms with Crippen LogP contribution in [0.2, 0.25) is 0 Å². The number of piperidine rings is 1. The number of aromatic nitrogens is 3. The number of halogens is 3. The van der Waals surface area contributed by atoms with E-state index in [0.29, 0.717) is 43.8 Å². The van der Waals surface area contributed by atoms with Crippen molar-refractivity contribution in [3.05, 3.63) is 35.4 Å². The topological polar surface area (TPSA) is 78.8 Å². The van der Waals surface area contributed by atoms with Crippen LogP contribution in [-0.4, -0.2) is 60.6 Å². The number of benzene rings is 1. The van der Waals surface area contributed by atoms with E-state index in [0.717, 1.165) is 38.1 Å². The second-order valence-corrected chi connectivity index (χ2v) is 7.40. The Bertz CT molecular complexity index is 874. The molecule has 4 rings (SSSR count). The van der Waals surface area contributed by atoms with Gasteiger partial charge in [0.15, 0.2) is 0 Å². The van der Waals surface area contributed by atoms with Gasteiger partial charge in [-0.1, -0.05) is 12.1 Å². The van der Waals surface area contributed by atoms with Crippen LogP contribution < -0.4 is 15.2 Å². The summed E-state index contributed by atoms with van der Waals surface area (Å²) in [7, 11) is 0. The van der Waals surface area contributed by atoms with Crippen LogP contribution in [0, 0.1) is 0 Å². The summed E-state index contributed by atoms with van der Waals surface area (Å²) in [6.07, 6.45) is 0.254. The maximum absolute atomic E-state index is 12.9. The fourth-order valence-electron chi connectivity index (χ4n) is 3.50. The van der Waals surface area contributed by atoms with E-state index in [1.807, 2.05) is 4.90 Å². The number of anilines is 3. The summed E-state index contributed by atoms with van der Waals surface area (Å²) in [6, 6.07) is 4.96. The minimum Gasteiger partial charge on any atom is -0.378 e. The fourth-order valence-corrected chi connectivity index (χ4v) is 3.50. The van der Waals surface area contributed by atoms with Gasteiger partial charge < -0.3 is 14.5 Å². The van der Waals surface area contributed by atoms with Gasteiger partial charge in [-0.2, -0.15) is 33.2 Å². The maximum Gasteiger partial charge on any atom is 0.416 e. The highest BCUT2D eigenvalue weighted by Crippen LogP contribution is 2.29. The Labute approximate surface area is 178 Å². The lowest BCUT2D eigenvalue weighted by Crippen LogP contribution is -2.38. The first-order valence-electron chi connectivity index (χ1n) is 10.3. The Balaban J connectivity index is 1.54. The number of morpholine rings is 1. The Hall–Kier alpha value is -2.95. The molecule has 2 aromatic rings. The number of rotatable bonds is 5. The summed E-state index contributed by atoms with van der Waals surface area (Å²) < 4.78 is 44.1. The van der Waals surface area contributed by atoms with Crippen molar-refractivity contribution in [1.29, 1.82) is 0 Å². The maximum atomic E-state index is 12.9. The van der Waals surface area contributed by atoms with Crippen molar-refractivity contribution in [3.8, 4) is 0 Å². The van der Waals surface area contributed by atoms with Gasteiger partial charge in [0.05, 0.1) is 25.0 Å². The molecule has 2 aliphatic rings. The number of hydrogen-bond donors (Lipinski definition) is 1. The zero-order chi connectivity index (χ0) is 21.7. The number of nitrogens with zero attached hydrogens (tertiary/aromatic N) is 6. The smallest absolute Gasteiger partial charge is 0.378 e. The number of ether oxygens (including phenoxy) is 1. The van der Waals surface area contributed by atoms with Gasteiger partial charge in [0.2, 0.25) is 17.8 Å². The first-order valence-corrected chi connectivity index (χ1v) is 10.3. The predicted octanol–water partition coefficient (Wildman–Crippen LogP) is 3.16. The largest absolute Gasteiger partial charge is 0.416 e. The fraction of sp³-hybridized carbons (Fsp3) is 0.500. The zero-order valence-corrected chi connectivity index (χ0v) is 17.0. The Morgan fingerprint density at radius 2 is 1.61 bits per heavy atom. The van der Waals surface area contributed by atoms with Crippen LogP contribution in [0.5, 0.6) is 0 Å². The van der Waals surface area contributed by atoms with E-state index in [1.165, 1.54) is 18.7 Å². The summed E-state index contributed by atoms with van der Waals surface area (Å²) >= 11 is 0. The molecule has 166 valence electrons. The normalized spacial score (nSPS) is 17.9. The molecular formula is C20H24F3N7O. The number of hydrazone groups is 1. The molecule has 0 atom stereocenters. The van der Waals surface area contributed by atoms with Gasteiger partial charge in [-0.15, -0.1) is 0 Å². The summed E-state index contributed by atoms with van der Waals surface area (Å²) in [5.41, 5.74) is 2.35. The average molecular weight is 435 g/mol. The van der Waals surface area contributed by atoms with Crippen molar-refractivity contribution in [1.82, 2.24) is 15.0 Å². The Morgan fingerprint density at radius 3 is 2.29 bits per heavy atom. The number of alkyl halides is 3. The average Bonchev–Trinajstić information content (AvgIpc) is 2.80. The van der Waals surface area contributed by atoms with Crippen LogP contribution in [0.3, 0.4) is 0 Å². The highest BCUT2D eigenvalue weighted by Gasteiger charge is 2.30. The van der Waals surface area contributed by atoms with Crippen LogP contribution in [0.25, 0.3) is 0 Å². The second kappa shape index (κ2) is 9.46. The molecule has 1 aromatic heterocycles. The molecule has 8 nitrogen and oxygen atoms in total. The van der Waals surface area contributed by atoms with E-state index in [9.17, 15) is 13.2 Å². The molecule has 0 saturated carbocycles. The van der Waals surface area contributed by atoms with E-state index >= 15 is 0 Å². The summed E-state index contributed by atoms with van der Waals surface area (Å²) in [4.78, 5) is 17.7. The van der Waals surface area contributed by atoms with E-state index in [2.05, 4.69) is 30.4 Å². The Kier molecular flexibility index (Phi) is 6.50. The summed E-state index contributed by atoms with van der Waals surface area (Å²) in [6.45, 7) is 4.30. The van der Waals surface area contributed by atoms with Crippen LogP contribution in [0.4, 0.5) is 31.0 Å². The number of nitrogens with one attached hydrogen (secondary N) is 1. The molecule has 0 unspecified atom stereocenters. The molecule has 31 heavy (non-hydrogen) atoms. The Morgan fingerprint density at radius 1 is 0.935 bits per heavy atom. The lowest BCUT2D eigenvalue weighted by atomic mass is 10.1. The van der Waals surface area contributed by atoms with Gasteiger partial charge in [-0.3, -0.25) is 0 Å². The van der Waals surface area contributed by atoms with Crippen LogP contribution in [0.15, 0.2) is 29.4 Å². The molecule has 1 aromatic carbocycles. The van der Waals surface area contributed by atoms with Crippen molar-refractivity contribution >= 4 is 24.1 Å². The lowest BCUT2D eigenvalue weighted by molar-refractivity contribution is -0.137. The third-order valence-electron chi connectivity index (χ3n) is 5.14. The van der Waals surface area contributed by atoms with E-state index < -0.39 is 11.7 Å². The third kappa shape index (κ3) is 5.60. The first-order chi connectivity index (χ1) is 15.0. The molecule has 2 aliphatic heterocycles. The molecule has 0 bridgehead atoms. The minimum absolute atomic E-state index is 0.250. The van der Waals surface area contributed by atoms with Crippen molar-refractivity contribution in [3.63, 3.8) is 0 Å². The van der Waals surface area contributed by atoms with Gasteiger partial charge in [0.25, 0.3) is 0 Å². The van der Waals surface area contributed by atoms with Crippen molar-refractivity contribution in [2.75, 3.05) is 54.6 Å². The predicted molar refractivity (Wildman–Crippen MR) is 112 cm³/mol. The quantitative estimate of drug-likeness (QED) is 0.571. The van der Waals surface area contributed by atoms with Crippen LogP contribution in [0.1, 0.15) is 30.4 Å². The van der Waals surface area contributed by atoms with Crippen molar-refractivity contribution in [2.24, 2.45) is 5.10 Å².